The first-order valence-corrected chi connectivity index (χ1v) is 3.07. The maximum Gasteiger partial charge on any atom is 1.00 e. The Morgan fingerprint density at radius 3 is 1.88 bits per heavy atom. The second kappa shape index (κ2) is 3.87. The summed E-state index contributed by atoms with van der Waals surface area (Å²) < 4.78 is 0. The SMILES string of the molecule is N.OC1CCCCC1.[H+]. The van der Waals surface area contributed by atoms with E-state index in [1.807, 2.05) is 0 Å². The maximum absolute atomic E-state index is 8.91. The van der Waals surface area contributed by atoms with E-state index in [-0.39, 0.29) is 13.7 Å². The van der Waals surface area contributed by atoms with Gasteiger partial charge in [-0.25, -0.2) is 0 Å². The van der Waals surface area contributed by atoms with E-state index in [0.717, 1.165) is 12.8 Å². The molecular formula is C6H16NO+. The molecule has 1 rings (SSSR count). The van der Waals surface area contributed by atoms with Crippen molar-refractivity contribution in [2.75, 3.05) is 0 Å². The van der Waals surface area contributed by atoms with E-state index in [4.69, 9.17) is 5.11 Å². The van der Waals surface area contributed by atoms with Gasteiger partial charge in [0.15, 0.2) is 0 Å². The third kappa shape index (κ3) is 2.28. The summed E-state index contributed by atoms with van der Waals surface area (Å²) in [6.07, 6.45) is 5.92. The zero-order valence-corrected chi connectivity index (χ0v) is 5.27. The number of hydrogen-bond acceptors (Lipinski definition) is 2. The van der Waals surface area contributed by atoms with Crippen LogP contribution >= 0.6 is 0 Å². The lowest BCUT2D eigenvalue weighted by Crippen LogP contribution is -2.09. The van der Waals surface area contributed by atoms with E-state index < -0.39 is 0 Å². The largest absolute Gasteiger partial charge is 1.00 e. The van der Waals surface area contributed by atoms with Crippen molar-refractivity contribution in [1.29, 1.82) is 0 Å². The molecule has 1 saturated carbocycles. The van der Waals surface area contributed by atoms with Crippen molar-refractivity contribution < 1.29 is 6.53 Å². The second-order valence-electron chi connectivity index (χ2n) is 2.29. The van der Waals surface area contributed by atoms with Crippen molar-refractivity contribution in [1.82, 2.24) is 6.15 Å². The normalized spacial score (nSPS) is 22.1. The van der Waals surface area contributed by atoms with Crippen molar-refractivity contribution in [3.8, 4) is 0 Å². The zero-order chi connectivity index (χ0) is 5.11. The molecule has 0 aromatic heterocycles. The molecule has 1 aliphatic carbocycles. The minimum absolute atomic E-state index is 0. The predicted molar refractivity (Wildman–Crippen MR) is 35.2 cm³/mol. The first-order valence-electron chi connectivity index (χ1n) is 3.07. The summed E-state index contributed by atoms with van der Waals surface area (Å²) in [5.74, 6) is 0. The molecule has 0 heterocycles. The fourth-order valence-corrected chi connectivity index (χ4v) is 1.08. The standard InChI is InChI=1S/C6H12O.H3N/c7-6-4-2-1-3-5-6;/h6-7H,1-5H2;1H3/p+1. The van der Waals surface area contributed by atoms with Gasteiger partial charge in [-0.2, -0.15) is 0 Å². The molecule has 4 N–H and O–H groups in total. The summed E-state index contributed by atoms with van der Waals surface area (Å²) in [7, 11) is 0. The van der Waals surface area contributed by atoms with Gasteiger partial charge in [-0.3, -0.25) is 0 Å². The van der Waals surface area contributed by atoms with Gasteiger partial charge in [0.05, 0.1) is 6.10 Å². The average molecular weight is 118 g/mol. The quantitative estimate of drug-likeness (QED) is 0.507. The Bertz CT molecular complexity index is 55.0. The van der Waals surface area contributed by atoms with Crippen LogP contribution in [-0.2, 0) is 0 Å². The third-order valence-electron chi connectivity index (χ3n) is 1.57. The van der Waals surface area contributed by atoms with Gasteiger partial charge in [0, 0.05) is 0 Å². The minimum atomic E-state index is 0. The molecule has 0 atom stereocenters. The Balaban J connectivity index is 0. The van der Waals surface area contributed by atoms with Gasteiger partial charge in [0.1, 0.15) is 0 Å². The summed E-state index contributed by atoms with van der Waals surface area (Å²) >= 11 is 0. The van der Waals surface area contributed by atoms with Gasteiger partial charge in [-0.1, -0.05) is 19.3 Å². The number of aliphatic hydroxyl groups is 1. The highest BCUT2D eigenvalue weighted by molar-refractivity contribution is 4.61. The van der Waals surface area contributed by atoms with Crippen molar-refractivity contribution in [2.24, 2.45) is 0 Å². The molecule has 0 aliphatic heterocycles. The Morgan fingerprint density at radius 1 is 1.12 bits per heavy atom. The zero-order valence-electron chi connectivity index (χ0n) is 6.27. The van der Waals surface area contributed by atoms with Crippen LogP contribution in [0.2, 0.25) is 0 Å². The first kappa shape index (κ1) is 7.92. The molecular weight excluding hydrogens is 102 g/mol. The van der Waals surface area contributed by atoms with Gasteiger partial charge in [-0.05, 0) is 12.8 Å². The lowest BCUT2D eigenvalue weighted by molar-refractivity contribution is 0.130. The van der Waals surface area contributed by atoms with Crippen LogP contribution in [0.25, 0.3) is 0 Å². The van der Waals surface area contributed by atoms with Crippen molar-refractivity contribution in [2.45, 2.75) is 38.2 Å². The van der Waals surface area contributed by atoms with Crippen LogP contribution in [-0.4, -0.2) is 11.2 Å². The van der Waals surface area contributed by atoms with Gasteiger partial charge in [0.25, 0.3) is 0 Å². The molecule has 0 radical (unpaired) electrons. The van der Waals surface area contributed by atoms with Gasteiger partial charge >= 0.3 is 1.43 Å². The molecule has 2 nitrogen and oxygen atoms in total. The molecule has 0 aromatic carbocycles. The summed E-state index contributed by atoms with van der Waals surface area (Å²) in [6.45, 7) is 0. The smallest absolute Gasteiger partial charge is 0.393 e. The second-order valence-corrected chi connectivity index (χ2v) is 2.29. The number of rotatable bonds is 0. The fraction of sp³-hybridized carbons (Fsp3) is 1.00. The highest BCUT2D eigenvalue weighted by Crippen LogP contribution is 2.16. The highest BCUT2D eigenvalue weighted by atomic mass is 16.3. The monoisotopic (exact) mass is 118 g/mol. The van der Waals surface area contributed by atoms with Gasteiger partial charge in [-0.15, -0.1) is 0 Å². The van der Waals surface area contributed by atoms with E-state index in [1.54, 1.807) is 0 Å². The van der Waals surface area contributed by atoms with Crippen LogP contribution in [0.5, 0.6) is 0 Å². The molecule has 0 amide bonds. The Hall–Kier alpha value is -0.0800. The Kier molecular flexibility index (Phi) is 3.83. The van der Waals surface area contributed by atoms with Crippen LogP contribution in [0.4, 0.5) is 0 Å². The topological polar surface area (TPSA) is 55.2 Å². The van der Waals surface area contributed by atoms with Crippen molar-refractivity contribution >= 4 is 0 Å². The van der Waals surface area contributed by atoms with E-state index in [0.29, 0.717) is 0 Å². The van der Waals surface area contributed by atoms with E-state index in [2.05, 4.69) is 0 Å². The molecule has 0 aromatic rings. The summed E-state index contributed by atoms with van der Waals surface area (Å²) in [5.41, 5.74) is 0. The first-order chi connectivity index (χ1) is 3.39. The van der Waals surface area contributed by atoms with Crippen LogP contribution in [0.3, 0.4) is 0 Å². The van der Waals surface area contributed by atoms with Crippen molar-refractivity contribution in [3.05, 3.63) is 0 Å². The lowest BCUT2D eigenvalue weighted by atomic mass is 9.98. The summed E-state index contributed by atoms with van der Waals surface area (Å²) in [6, 6.07) is 0. The molecule has 0 saturated heterocycles. The fourth-order valence-electron chi connectivity index (χ4n) is 1.08. The van der Waals surface area contributed by atoms with Crippen LogP contribution in [0.1, 0.15) is 33.5 Å². The Labute approximate surface area is 52.0 Å². The average Bonchev–Trinajstić information content (AvgIpc) is 1.69. The predicted octanol–water partition coefficient (Wildman–Crippen LogP) is 1.59. The number of hydrogen-bond donors (Lipinski definition) is 2. The van der Waals surface area contributed by atoms with Crippen LogP contribution in [0.15, 0.2) is 0 Å². The van der Waals surface area contributed by atoms with E-state index in [9.17, 15) is 0 Å². The molecule has 8 heavy (non-hydrogen) atoms. The molecule has 2 heteroatoms. The van der Waals surface area contributed by atoms with E-state index >= 15 is 0 Å². The summed E-state index contributed by atoms with van der Waals surface area (Å²) in [4.78, 5) is 0. The lowest BCUT2D eigenvalue weighted by Gasteiger charge is -2.14. The van der Waals surface area contributed by atoms with Crippen LogP contribution < -0.4 is 6.15 Å². The molecule has 0 unspecified atom stereocenters. The molecule has 1 fully saturated rings. The Morgan fingerprint density at radius 2 is 1.62 bits per heavy atom. The van der Waals surface area contributed by atoms with E-state index in [1.165, 1.54) is 19.3 Å². The minimum Gasteiger partial charge on any atom is -0.393 e. The number of aliphatic hydroxyl groups excluding tert-OH is 1. The molecule has 1 aliphatic rings. The molecule has 0 spiro atoms. The highest BCUT2D eigenvalue weighted by Gasteiger charge is 2.07. The summed E-state index contributed by atoms with van der Waals surface area (Å²) in [5, 5.41) is 8.91. The van der Waals surface area contributed by atoms with Crippen LogP contribution in [0, 0.1) is 0 Å². The maximum atomic E-state index is 8.91. The molecule has 50 valence electrons. The third-order valence-corrected chi connectivity index (χ3v) is 1.57. The molecule has 0 bridgehead atoms. The van der Waals surface area contributed by atoms with Gasteiger partial charge in [0.2, 0.25) is 0 Å². The van der Waals surface area contributed by atoms with Gasteiger partial charge < -0.3 is 11.3 Å². The van der Waals surface area contributed by atoms with Crippen molar-refractivity contribution in [3.63, 3.8) is 0 Å².